The summed E-state index contributed by atoms with van der Waals surface area (Å²) in [5.41, 5.74) is 2.63. The number of para-hydroxylation sites is 1. The number of benzene rings is 2. The maximum Gasteiger partial charge on any atom is 0.337 e. The van der Waals surface area contributed by atoms with Gasteiger partial charge in [-0.05, 0) is 36.4 Å². The highest BCUT2D eigenvalue weighted by Gasteiger charge is 2.13. The first-order chi connectivity index (χ1) is 11.1. The highest BCUT2D eigenvalue weighted by Crippen LogP contribution is 2.19. The number of fused-ring (bicyclic) bond motifs is 1. The van der Waals surface area contributed by atoms with Crippen LogP contribution in [0.4, 0.5) is 5.69 Å². The third kappa shape index (κ3) is 2.81. The van der Waals surface area contributed by atoms with Crippen molar-refractivity contribution in [3.05, 3.63) is 65.9 Å². The van der Waals surface area contributed by atoms with Gasteiger partial charge in [0.2, 0.25) is 0 Å². The van der Waals surface area contributed by atoms with Crippen molar-refractivity contribution in [1.82, 2.24) is 4.57 Å². The van der Waals surface area contributed by atoms with Gasteiger partial charge in [0.15, 0.2) is 0 Å². The Morgan fingerprint density at radius 3 is 2.39 bits per heavy atom. The Hall–Kier alpha value is -3.08. The number of anilines is 1. The smallest absolute Gasteiger partial charge is 0.337 e. The summed E-state index contributed by atoms with van der Waals surface area (Å²) in [6.45, 7) is 0. The molecule has 0 aliphatic carbocycles. The molecule has 116 valence electrons. The number of nitrogens with zero attached hydrogens (tertiary/aromatic N) is 1. The van der Waals surface area contributed by atoms with Gasteiger partial charge in [-0.15, -0.1) is 0 Å². The van der Waals surface area contributed by atoms with Gasteiger partial charge in [-0.1, -0.05) is 18.2 Å². The number of ether oxygens (including phenoxy) is 1. The molecule has 3 rings (SSSR count). The van der Waals surface area contributed by atoms with Gasteiger partial charge in [0.05, 0.1) is 12.7 Å². The molecule has 23 heavy (non-hydrogen) atoms. The minimum Gasteiger partial charge on any atom is -0.465 e. The van der Waals surface area contributed by atoms with Gasteiger partial charge >= 0.3 is 5.97 Å². The molecule has 0 spiro atoms. The summed E-state index contributed by atoms with van der Waals surface area (Å²) in [5.74, 6) is -0.605. The summed E-state index contributed by atoms with van der Waals surface area (Å²) >= 11 is 0. The lowest BCUT2D eigenvalue weighted by Crippen LogP contribution is -2.15. The lowest BCUT2D eigenvalue weighted by Gasteiger charge is -2.07. The average Bonchev–Trinajstić information content (AvgIpc) is 2.92. The van der Waals surface area contributed by atoms with E-state index >= 15 is 0 Å². The van der Waals surface area contributed by atoms with Gasteiger partial charge in [0.1, 0.15) is 5.69 Å². The minimum atomic E-state index is -0.406. The molecular weight excluding hydrogens is 292 g/mol. The van der Waals surface area contributed by atoms with Crippen molar-refractivity contribution in [2.24, 2.45) is 7.05 Å². The van der Waals surface area contributed by atoms with Crippen molar-refractivity contribution >= 4 is 28.5 Å². The number of esters is 1. The monoisotopic (exact) mass is 308 g/mol. The number of carbonyl (C=O) groups is 2. The Morgan fingerprint density at radius 2 is 1.74 bits per heavy atom. The lowest BCUT2D eigenvalue weighted by atomic mass is 10.2. The van der Waals surface area contributed by atoms with Gasteiger partial charge in [-0.25, -0.2) is 4.79 Å². The molecule has 0 aliphatic heterocycles. The fraction of sp³-hybridized carbons (Fsp3) is 0.111. The Morgan fingerprint density at radius 1 is 1.04 bits per heavy atom. The number of rotatable bonds is 3. The topological polar surface area (TPSA) is 60.3 Å². The quantitative estimate of drug-likeness (QED) is 0.756. The zero-order chi connectivity index (χ0) is 16.4. The molecule has 5 nitrogen and oxygen atoms in total. The maximum absolute atomic E-state index is 12.5. The fourth-order valence-corrected chi connectivity index (χ4v) is 2.51. The molecule has 0 atom stereocenters. The highest BCUT2D eigenvalue weighted by molar-refractivity contribution is 6.06. The second-order valence-electron chi connectivity index (χ2n) is 5.17. The van der Waals surface area contributed by atoms with Crippen molar-refractivity contribution in [2.45, 2.75) is 0 Å². The largest absolute Gasteiger partial charge is 0.465 e. The molecule has 1 N–H and O–H groups in total. The number of aryl methyl sites for hydroxylation is 1. The van der Waals surface area contributed by atoms with E-state index in [2.05, 4.69) is 10.1 Å². The van der Waals surface area contributed by atoms with Gasteiger partial charge < -0.3 is 14.6 Å². The lowest BCUT2D eigenvalue weighted by molar-refractivity contribution is 0.0600. The molecular formula is C18H16N2O3. The molecule has 0 unspecified atom stereocenters. The Bertz CT molecular complexity index is 879. The van der Waals surface area contributed by atoms with Crippen molar-refractivity contribution in [1.29, 1.82) is 0 Å². The van der Waals surface area contributed by atoms with E-state index in [4.69, 9.17) is 0 Å². The van der Waals surface area contributed by atoms with E-state index < -0.39 is 5.97 Å². The van der Waals surface area contributed by atoms with Crippen molar-refractivity contribution in [3.8, 4) is 0 Å². The third-order valence-electron chi connectivity index (χ3n) is 3.75. The third-order valence-corrected chi connectivity index (χ3v) is 3.75. The number of hydrogen-bond acceptors (Lipinski definition) is 3. The van der Waals surface area contributed by atoms with Crippen LogP contribution in [0.25, 0.3) is 10.9 Å². The molecule has 0 radical (unpaired) electrons. The molecule has 0 saturated carbocycles. The zero-order valence-electron chi connectivity index (χ0n) is 12.9. The number of carbonyl (C=O) groups excluding carboxylic acids is 2. The van der Waals surface area contributed by atoms with Crippen LogP contribution in [0.15, 0.2) is 54.6 Å². The predicted octanol–water partition coefficient (Wildman–Crippen LogP) is 3.22. The molecule has 1 aromatic heterocycles. The summed E-state index contributed by atoms with van der Waals surface area (Å²) in [4.78, 5) is 23.9. The second-order valence-corrected chi connectivity index (χ2v) is 5.17. The molecule has 2 aromatic carbocycles. The molecule has 0 saturated heterocycles. The Kier molecular flexibility index (Phi) is 3.85. The minimum absolute atomic E-state index is 0.200. The van der Waals surface area contributed by atoms with Crippen molar-refractivity contribution in [2.75, 3.05) is 12.4 Å². The first-order valence-electron chi connectivity index (χ1n) is 7.14. The molecule has 5 heteroatoms. The molecule has 1 amide bonds. The van der Waals surface area contributed by atoms with Crippen molar-refractivity contribution in [3.63, 3.8) is 0 Å². The van der Waals surface area contributed by atoms with E-state index in [0.717, 1.165) is 10.9 Å². The van der Waals surface area contributed by atoms with Crippen LogP contribution in [0.3, 0.4) is 0 Å². The first kappa shape index (κ1) is 14.8. The number of methoxy groups -OCH3 is 1. The normalized spacial score (nSPS) is 10.5. The molecule has 0 aliphatic rings. The van der Waals surface area contributed by atoms with E-state index in [0.29, 0.717) is 16.9 Å². The molecule has 1 heterocycles. The van der Waals surface area contributed by atoms with Gasteiger partial charge in [0, 0.05) is 23.6 Å². The van der Waals surface area contributed by atoms with Gasteiger partial charge in [-0.2, -0.15) is 0 Å². The number of amides is 1. The van der Waals surface area contributed by atoms with E-state index in [1.807, 2.05) is 41.9 Å². The Labute approximate surface area is 133 Å². The van der Waals surface area contributed by atoms with E-state index in [1.54, 1.807) is 24.3 Å². The molecule has 0 bridgehead atoms. The standard InChI is InChI=1S/C18H16N2O3/c1-20-15-6-4-3-5-13(15)11-16(20)17(21)19-14-9-7-12(8-10-14)18(22)23-2/h3-11H,1-2H3,(H,19,21). The van der Waals surface area contributed by atoms with Crippen LogP contribution in [-0.4, -0.2) is 23.6 Å². The van der Waals surface area contributed by atoms with Crippen LogP contribution in [0.5, 0.6) is 0 Å². The molecule has 3 aromatic rings. The highest BCUT2D eigenvalue weighted by atomic mass is 16.5. The summed E-state index contributed by atoms with van der Waals surface area (Å²) in [7, 11) is 3.19. The first-order valence-corrected chi connectivity index (χ1v) is 7.14. The SMILES string of the molecule is COC(=O)c1ccc(NC(=O)c2cc3ccccc3n2C)cc1. The van der Waals surface area contributed by atoms with Gasteiger partial charge in [0.25, 0.3) is 5.91 Å². The second kappa shape index (κ2) is 5.96. The van der Waals surface area contributed by atoms with E-state index in [9.17, 15) is 9.59 Å². The van der Waals surface area contributed by atoms with Crippen LogP contribution in [0.2, 0.25) is 0 Å². The summed E-state index contributed by atoms with van der Waals surface area (Å²) < 4.78 is 6.50. The number of aromatic nitrogens is 1. The summed E-state index contributed by atoms with van der Waals surface area (Å²) in [6.07, 6.45) is 0. The van der Waals surface area contributed by atoms with Crippen LogP contribution in [0.1, 0.15) is 20.8 Å². The zero-order valence-corrected chi connectivity index (χ0v) is 12.9. The van der Waals surface area contributed by atoms with Crippen LogP contribution in [-0.2, 0) is 11.8 Å². The van der Waals surface area contributed by atoms with Crippen LogP contribution in [0, 0.1) is 0 Å². The summed E-state index contributed by atoms with van der Waals surface area (Å²) in [5, 5.41) is 3.85. The van der Waals surface area contributed by atoms with E-state index in [-0.39, 0.29) is 5.91 Å². The maximum atomic E-state index is 12.5. The fourth-order valence-electron chi connectivity index (χ4n) is 2.51. The molecule has 0 fully saturated rings. The number of hydrogen-bond donors (Lipinski definition) is 1. The van der Waals surface area contributed by atoms with Crippen LogP contribution < -0.4 is 5.32 Å². The van der Waals surface area contributed by atoms with Gasteiger partial charge in [-0.3, -0.25) is 4.79 Å². The average molecular weight is 308 g/mol. The summed E-state index contributed by atoms with van der Waals surface area (Å²) in [6, 6.07) is 16.2. The Balaban J connectivity index is 1.83. The predicted molar refractivity (Wildman–Crippen MR) is 88.7 cm³/mol. The van der Waals surface area contributed by atoms with Crippen LogP contribution >= 0.6 is 0 Å². The van der Waals surface area contributed by atoms with E-state index in [1.165, 1.54) is 7.11 Å². The number of nitrogens with one attached hydrogen (secondary N) is 1. The van der Waals surface area contributed by atoms with Crippen molar-refractivity contribution < 1.29 is 14.3 Å².